The normalized spacial score (nSPS) is 21.6. The number of amides is 1. The fraction of sp³-hybridized carbons (Fsp3) is 0.643. The first-order chi connectivity index (χ1) is 8.58. The lowest BCUT2D eigenvalue weighted by atomic mass is 9.98. The maximum atomic E-state index is 12.2. The monoisotopic (exact) mass is 266 g/mol. The van der Waals surface area contributed by atoms with E-state index in [4.69, 9.17) is 0 Å². The van der Waals surface area contributed by atoms with Gasteiger partial charge in [-0.3, -0.25) is 4.79 Å². The molecule has 2 N–H and O–H groups in total. The van der Waals surface area contributed by atoms with Gasteiger partial charge in [-0.2, -0.15) is 0 Å². The maximum Gasteiger partial charge on any atom is 0.224 e. The predicted molar refractivity (Wildman–Crippen MR) is 75.9 cm³/mol. The molecule has 2 heterocycles. The topological polar surface area (TPSA) is 41.1 Å². The molecule has 18 heavy (non-hydrogen) atoms. The van der Waals surface area contributed by atoms with Crippen molar-refractivity contribution in [3.8, 4) is 0 Å². The molecule has 2 atom stereocenters. The van der Waals surface area contributed by atoms with Crippen molar-refractivity contribution < 1.29 is 4.79 Å². The Morgan fingerprint density at radius 1 is 1.56 bits per heavy atom. The van der Waals surface area contributed by atoms with Crippen molar-refractivity contribution in [3.63, 3.8) is 0 Å². The molecule has 2 rings (SSSR count). The summed E-state index contributed by atoms with van der Waals surface area (Å²) in [6.07, 6.45) is 2.11. The summed E-state index contributed by atoms with van der Waals surface area (Å²) < 4.78 is 0. The second kappa shape index (κ2) is 5.85. The van der Waals surface area contributed by atoms with Crippen LogP contribution in [0.15, 0.2) is 6.07 Å². The first-order valence-corrected chi connectivity index (χ1v) is 7.47. The Hall–Kier alpha value is -0.870. The Morgan fingerprint density at radius 2 is 2.33 bits per heavy atom. The van der Waals surface area contributed by atoms with Crippen LogP contribution >= 0.6 is 11.3 Å². The van der Waals surface area contributed by atoms with Gasteiger partial charge in [0.1, 0.15) is 0 Å². The van der Waals surface area contributed by atoms with Crippen LogP contribution in [0.4, 0.5) is 0 Å². The van der Waals surface area contributed by atoms with Gasteiger partial charge in [0.25, 0.3) is 0 Å². The van der Waals surface area contributed by atoms with Gasteiger partial charge in [0.2, 0.25) is 5.91 Å². The number of nitrogens with one attached hydrogen (secondary N) is 2. The maximum absolute atomic E-state index is 12.2. The predicted octanol–water partition coefficient (Wildman–Crippen LogP) is 2.54. The average molecular weight is 266 g/mol. The Bertz CT molecular complexity index is 421. The third-order valence-corrected chi connectivity index (χ3v) is 4.55. The van der Waals surface area contributed by atoms with Gasteiger partial charge in [-0.25, -0.2) is 0 Å². The minimum absolute atomic E-state index is 0.115. The molecule has 100 valence electrons. The van der Waals surface area contributed by atoms with Crippen molar-refractivity contribution in [1.82, 2.24) is 10.6 Å². The third kappa shape index (κ3) is 3.12. The molecule has 1 aliphatic heterocycles. The van der Waals surface area contributed by atoms with Crippen LogP contribution in [-0.2, 0) is 4.79 Å². The third-order valence-electron chi connectivity index (χ3n) is 3.57. The Morgan fingerprint density at radius 3 is 2.89 bits per heavy atom. The highest BCUT2D eigenvalue weighted by Crippen LogP contribution is 2.26. The summed E-state index contributed by atoms with van der Waals surface area (Å²) in [7, 11) is 0. The lowest BCUT2D eigenvalue weighted by molar-refractivity contribution is -0.126. The van der Waals surface area contributed by atoms with E-state index in [1.807, 2.05) is 0 Å². The minimum atomic E-state index is 0.115. The first-order valence-electron chi connectivity index (χ1n) is 6.66. The highest BCUT2D eigenvalue weighted by atomic mass is 32.1. The van der Waals surface area contributed by atoms with E-state index in [-0.39, 0.29) is 17.9 Å². The molecule has 1 amide bonds. The zero-order chi connectivity index (χ0) is 13.1. The summed E-state index contributed by atoms with van der Waals surface area (Å²) in [5, 5.41) is 6.43. The summed E-state index contributed by atoms with van der Waals surface area (Å²) in [6.45, 7) is 8.17. The summed E-state index contributed by atoms with van der Waals surface area (Å²) in [4.78, 5) is 14.8. The molecule has 1 aliphatic rings. The molecule has 1 saturated heterocycles. The highest BCUT2D eigenvalue weighted by molar-refractivity contribution is 7.12. The Balaban J connectivity index is 1.96. The van der Waals surface area contributed by atoms with Crippen molar-refractivity contribution in [1.29, 1.82) is 0 Å². The summed E-state index contributed by atoms with van der Waals surface area (Å²) in [5.74, 6) is 0.333. The van der Waals surface area contributed by atoms with Crippen LogP contribution in [0.1, 0.15) is 41.1 Å². The summed E-state index contributed by atoms with van der Waals surface area (Å²) in [5.41, 5.74) is 1.26. The molecule has 0 aliphatic carbocycles. The molecular weight excluding hydrogens is 244 g/mol. The van der Waals surface area contributed by atoms with Gasteiger partial charge in [-0.15, -0.1) is 11.3 Å². The van der Waals surface area contributed by atoms with Crippen LogP contribution in [0, 0.1) is 19.8 Å². The molecule has 0 saturated carbocycles. The second-order valence-corrected chi connectivity index (χ2v) is 6.60. The molecule has 0 radical (unpaired) electrons. The van der Waals surface area contributed by atoms with Gasteiger partial charge in [-0.05, 0) is 51.8 Å². The van der Waals surface area contributed by atoms with Crippen molar-refractivity contribution in [2.45, 2.75) is 39.7 Å². The molecule has 1 unspecified atom stereocenters. The van der Waals surface area contributed by atoms with E-state index >= 15 is 0 Å². The number of rotatable bonds is 3. The fourth-order valence-electron chi connectivity index (χ4n) is 2.56. The van der Waals surface area contributed by atoms with Gasteiger partial charge >= 0.3 is 0 Å². The lowest BCUT2D eigenvalue weighted by Gasteiger charge is -2.24. The Labute approximate surface area is 113 Å². The molecule has 4 heteroatoms. The van der Waals surface area contributed by atoms with Crippen molar-refractivity contribution in [3.05, 3.63) is 21.4 Å². The van der Waals surface area contributed by atoms with Crippen LogP contribution < -0.4 is 10.6 Å². The quantitative estimate of drug-likeness (QED) is 0.883. The summed E-state index contributed by atoms with van der Waals surface area (Å²) in [6, 6.07) is 2.30. The number of piperidine rings is 1. The van der Waals surface area contributed by atoms with Crippen LogP contribution in [0.25, 0.3) is 0 Å². The summed E-state index contributed by atoms with van der Waals surface area (Å²) >= 11 is 1.80. The van der Waals surface area contributed by atoms with Gasteiger partial charge in [0.05, 0.1) is 12.0 Å². The zero-order valence-electron chi connectivity index (χ0n) is 11.4. The molecule has 0 bridgehead atoms. The van der Waals surface area contributed by atoms with Crippen molar-refractivity contribution >= 4 is 17.2 Å². The average Bonchev–Trinajstić information content (AvgIpc) is 2.69. The number of hydrogen-bond donors (Lipinski definition) is 2. The lowest BCUT2D eigenvalue weighted by Crippen LogP contribution is -2.41. The minimum Gasteiger partial charge on any atom is -0.349 e. The van der Waals surface area contributed by atoms with E-state index < -0.39 is 0 Å². The van der Waals surface area contributed by atoms with Gasteiger partial charge in [0.15, 0.2) is 0 Å². The van der Waals surface area contributed by atoms with Crippen molar-refractivity contribution in [2.24, 2.45) is 5.92 Å². The molecule has 1 aromatic rings. The van der Waals surface area contributed by atoms with Gasteiger partial charge in [0, 0.05) is 16.3 Å². The van der Waals surface area contributed by atoms with E-state index in [9.17, 15) is 4.79 Å². The van der Waals surface area contributed by atoms with Crippen molar-refractivity contribution in [2.75, 3.05) is 13.1 Å². The van der Waals surface area contributed by atoms with E-state index in [0.717, 1.165) is 25.9 Å². The SMILES string of the molecule is Cc1cc(C(C)NC(=O)[C@H]2CCCNC2)c(C)s1. The first kappa shape index (κ1) is 13.6. The number of carbonyl (C=O) groups is 1. The standard InChI is InChI=1S/C14H22N2OS/c1-9-7-13(11(3)18-9)10(2)16-14(17)12-5-4-6-15-8-12/h7,10,12,15H,4-6,8H2,1-3H3,(H,16,17)/t10?,12-/m0/s1. The van der Waals surface area contributed by atoms with E-state index in [2.05, 4.69) is 37.5 Å². The van der Waals surface area contributed by atoms with Crippen LogP contribution in [-0.4, -0.2) is 19.0 Å². The van der Waals surface area contributed by atoms with E-state index in [1.54, 1.807) is 11.3 Å². The van der Waals surface area contributed by atoms with E-state index in [0.29, 0.717) is 0 Å². The second-order valence-electron chi connectivity index (χ2n) is 5.14. The van der Waals surface area contributed by atoms with Crippen LogP contribution in [0.5, 0.6) is 0 Å². The molecule has 0 spiro atoms. The zero-order valence-corrected chi connectivity index (χ0v) is 12.2. The van der Waals surface area contributed by atoms with Gasteiger partial charge < -0.3 is 10.6 Å². The smallest absolute Gasteiger partial charge is 0.224 e. The number of hydrogen-bond acceptors (Lipinski definition) is 3. The van der Waals surface area contributed by atoms with Crippen LogP contribution in [0.2, 0.25) is 0 Å². The highest BCUT2D eigenvalue weighted by Gasteiger charge is 2.23. The molecule has 0 aromatic carbocycles. The molecule has 1 fully saturated rings. The number of carbonyl (C=O) groups excluding carboxylic acids is 1. The van der Waals surface area contributed by atoms with E-state index in [1.165, 1.54) is 15.3 Å². The van der Waals surface area contributed by atoms with Gasteiger partial charge in [-0.1, -0.05) is 0 Å². The number of thiophene rings is 1. The molecular formula is C14H22N2OS. The molecule has 3 nitrogen and oxygen atoms in total. The Kier molecular flexibility index (Phi) is 4.40. The largest absolute Gasteiger partial charge is 0.349 e. The van der Waals surface area contributed by atoms with Crippen LogP contribution in [0.3, 0.4) is 0 Å². The fourth-order valence-corrected chi connectivity index (χ4v) is 3.59. The molecule has 1 aromatic heterocycles. The number of aryl methyl sites for hydroxylation is 2.